The van der Waals surface area contributed by atoms with Gasteiger partial charge in [0, 0.05) is 6.42 Å². The lowest BCUT2D eigenvalue weighted by Gasteiger charge is -2.06. The fourth-order valence-electron chi connectivity index (χ4n) is 1.33. The number of benzene rings is 1. The summed E-state index contributed by atoms with van der Waals surface area (Å²) in [5.41, 5.74) is 5.49. The highest BCUT2D eigenvalue weighted by molar-refractivity contribution is 7.15. The van der Waals surface area contributed by atoms with Crippen LogP contribution >= 0.6 is 22.9 Å². The van der Waals surface area contributed by atoms with Crippen LogP contribution < -0.4 is 10.5 Å². The van der Waals surface area contributed by atoms with Crippen molar-refractivity contribution in [1.82, 2.24) is 10.2 Å². The van der Waals surface area contributed by atoms with Crippen molar-refractivity contribution >= 4 is 28.1 Å². The van der Waals surface area contributed by atoms with Gasteiger partial charge in [-0.2, -0.15) is 0 Å². The maximum atomic E-state index is 5.96. The maximum Gasteiger partial charge on any atom is 0.203 e. The number of aryl methyl sites for hydroxylation is 1. The summed E-state index contributed by atoms with van der Waals surface area (Å²) in [4.78, 5) is 0. The predicted molar refractivity (Wildman–Crippen MR) is 69.6 cm³/mol. The molecule has 1 aromatic carbocycles. The van der Waals surface area contributed by atoms with E-state index in [0.717, 1.165) is 17.8 Å². The number of rotatable bonds is 5. The maximum absolute atomic E-state index is 5.96. The third kappa shape index (κ3) is 3.57. The fraction of sp³-hybridized carbons (Fsp3) is 0.273. The van der Waals surface area contributed by atoms with Crippen LogP contribution in [0.2, 0.25) is 5.02 Å². The molecule has 0 spiro atoms. The number of hydrogen-bond acceptors (Lipinski definition) is 5. The van der Waals surface area contributed by atoms with E-state index in [-0.39, 0.29) is 0 Å². The lowest BCUT2D eigenvalue weighted by atomic mass is 10.3. The molecule has 1 aromatic heterocycles. The summed E-state index contributed by atoms with van der Waals surface area (Å²) in [5, 5.41) is 9.77. The van der Waals surface area contributed by atoms with Gasteiger partial charge in [0.2, 0.25) is 5.13 Å². The lowest BCUT2D eigenvalue weighted by molar-refractivity contribution is 0.311. The molecule has 2 rings (SSSR count). The topological polar surface area (TPSA) is 61.0 Å². The Balaban J connectivity index is 1.75. The number of hydrogen-bond donors (Lipinski definition) is 1. The second kappa shape index (κ2) is 5.84. The minimum atomic E-state index is 0.507. The molecule has 0 aliphatic heterocycles. The summed E-state index contributed by atoms with van der Waals surface area (Å²) >= 11 is 7.37. The third-order valence-electron chi connectivity index (χ3n) is 2.11. The van der Waals surface area contributed by atoms with E-state index in [2.05, 4.69) is 10.2 Å². The first-order valence-corrected chi connectivity index (χ1v) is 6.40. The van der Waals surface area contributed by atoms with Crippen LogP contribution in [0, 0.1) is 0 Å². The number of ether oxygens (including phenoxy) is 1. The zero-order chi connectivity index (χ0) is 12.1. The molecule has 17 heavy (non-hydrogen) atoms. The van der Waals surface area contributed by atoms with Crippen molar-refractivity contribution in [3.05, 3.63) is 34.3 Å². The molecule has 6 heteroatoms. The van der Waals surface area contributed by atoms with Gasteiger partial charge in [-0.05, 0) is 18.6 Å². The molecule has 1 heterocycles. The van der Waals surface area contributed by atoms with Gasteiger partial charge in [-0.1, -0.05) is 35.1 Å². The second-order valence-corrected chi connectivity index (χ2v) is 4.92. The summed E-state index contributed by atoms with van der Waals surface area (Å²) in [5.74, 6) is 0.714. The molecule has 0 radical (unpaired) electrons. The van der Waals surface area contributed by atoms with Crippen molar-refractivity contribution < 1.29 is 4.74 Å². The molecule has 0 saturated carbocycles. The van der Waals surface area contributed by atoms with Crippen LogP contribution in [-0.4, -0.2) is 16.8 Å². The molecule has 0 fully saturated rings. The number of anilines is 1. The highest BCUT2D eigenvalue weighted by Gasteiger charge is 2.02. The molecular formula is C11H12ClN3OS. The first kappa shape index (κ1) is 12.1. The molecular weight excluding hydrogens is 258 g/mol. The van der Waals surface area contributed by atoms with Crippen LogP contribution in [-0.2, 0) is 6.42 Å². The second-order valence-electron chi connectivity index (χ2n) is 3.42. The largest absolute Gasteiger partial charge is 0.492 e. The van der Waals surface area contributed by atoms with Crippen molar-refractivity contribution in [3.8, 4) is 5.75 Å². The van der Waals surface area contributed by atoms with E-state index in [1.165, 1.54) is 11.3 Å². The van der Waals surface area contributed by atoms with E-state index in [9.17, 15) is 0 Å². The average Bonchev–Trinajstić information content (AvgIpc) is 2.73. The van der Waals surface area contributed by atoms with E-state index in [0.29, 0.717) is 22.5 Å². The van der Waals surface area contributed by atoms with Crippen molar-refractivity contribution in [1.29, 1.82) is 0 Å². The molecule has 0 saturated heterocycles. The van der Waals surface area contributed by atoms with Gasteiger partial charge in [-0.25, -0.2) is 0 Å². The highest BCUT2D eigenvalue weighted by atomic mass is 35.5. The van der Waals surface area contributed by atoms with Crippen molar-refractivity contribution in [2.75, 3.05) is 12.3 Å². The predicted octanol–water partition coefficient (Wildman–Crippen LogP) is 2.79. The molecule has 90 valence electrons. The molecule has 2 N–H and O–H groups in total. The Bertz CT molecular complexity index is 489. The summed E-state index contributed by atoms with van der Waals surface area (Å²) in [6, 6.07) is 7.43. The SMILES string of the molecule is Nc1nnc(CCCOc2ccccc2Cl)s1. The number of halogens is 1. The minimum absolute atomic E-state index is 0.507. The van der Waals surface area contributed by atoms with Crippen LogP contribution in [0.15, 0.2) is 24.3 Å². The summed E-state index contributed by atoms with van der Waals surface area (Å²) in [7, 11) is 0. The first-order chi connectivity index (χ1) is 8.25. The minimum Gasteiger partial charge on any atom is -0.492 e. The Labute approximate surface area is 108 Å². The fourth-order valence-corrected chi connectivity index (χ4v) is 2.18. The Morgan fingerprint density at radius 2 is 2.12 bits per heavy atom. The number of nitrogens with zero attached hydrogens (tertiary/aromatic N) is 2. The van der Waals surface area contributed by atoms with Crippen LogP contribution in [0.1, 0.15) is 11.4 Å². The normalized spacial score (nSPS) is 10.4. The highest BCUT2D eigenvalue weighted by Crippen LogP contribution is 2.23. The number of para-hydroxylation sites is 1. The van der Waals surface area contributed by atoms with Gasteiger partial charge < -0.3 is 10.5 Å². The van der Waals surface area contributed by atoms with Gasteiger partial charge in [0.1, 0.15) is 10.8 Å². The Kier molecular flexibility index (Phi) is 4.17. The van der Waals surface area contributed by atoms with Crippen LogP contribution in [0.4, 0.5) is 5.13 Å². The van der Waals surface area contributed by atoms with Gasteiger partial charge in [-0.3, -0.25) is 0 Å². The van der Waals surface area contributed by atoms with Gasteiger partial charge >= 0.3 is 0 Å². The van der Waals surface area contributed by atoms with E-state index in [1.54, 1.807) is 0 Å². The van der Waals surface area contributed by atoms with Gasteiger partial charge in [0.25, 0.3) is 0 Å². The Hall–Kier alpha value is -1.33. The first-order valence-electron chi connectivity index (χ1n) is 5.21. The van der Waals surface area contributed by atoms with E-state index in [1.807, 2.05) is 24.3 Å². The number of nitrogens with two attached hydrogens (primary N) is 1. The van der Waals surface area contributed by atoms with E-state index < -0.39 is 0 Å². The average molecular weight is 270 g/mol. The molecule has 0 aliphatic carbocycles. The third-order valence-corrected chi connectivity index (χ3v) is 3.24. The lowest BCUT2D eigenvalue weighted by Crippen LogP contribution is -1.99. The van der Waals surface area contributed by atoms with E-state index in [4.69, 9.17) is 22.1 Å². The van der Waals surface area contributed by atoms with Crippen LogP contribution in [0.25, 0.3) is 0 Å². The summed E-state index contributed by atoms with van der Waals surface area (Å²) in [6.45, 7) is 0.600. The molecule has 0 amide bonds. The molecule has 0 unspecified atom stereocenters. The van der Waals surface area contributed by atoms with Crippen molar-refractivity contribution in [3.63, 3.8) is 0 Å². The van der Waals surface area contributed by atoms with Crippen LogP contribution in [0.3, 0.4) is 0 Å². The zero-order valence-corrected chi connectivity index (χ0v) is 10.7. The summed E-state index contributed by atoms with van der Waals surface area (Å²) < 4.78 is 5.56. The molecule has 0 bridgehead atoms. The number of nitrogen functional groups attached to an aromatic ring is 1. The molecule has 0 atom stereocenters. The van der Waals surface area contributed by atoms with Crippen LogP contribution in [0.5, 0.6) is 5.75 Å². The zero-order valence-electron chi connectivity index (χ0n) is 9.10. The standard InChI is InChI=1S/C11H12ClN3OS/c12-8-4-1-2-5-9(8)16-7-3-6-10-14-15-11(13)17-10/h1-2,4-5H,3,6-7H2,(H2,13,15). The van der Waals surface area contributed by atoms with Crippen molar-refractivity contribution in [2.24, 2.45) is 0 Å². The number of aromatic nitrogens is 2. The smallest absolute Gasteiger partial charge is 0.203 e. The quantitative estimate of drug-likeness (QED) is 0.848. The Morgan fingerprint density at radius 1 is 1.29 bits per heavy atom. The monoisotopic (exact) mass is 269 g/mol. The van der Waals surface area contributed by atoms with E-state index >= 15 is 0 Å². The van der Waals surface area contributed by atoms with Gasteiger partial charge in [0.15, 0.2) is 0 Å². The summed E-state index contributed by atoms with van der Waals surface area (Å²) in [6.07, 6.45) is 1.68. The molecule has 4 nitrogen and oxygen atoms in total. The molecule has 2 aromatic rings. The van der Waals surface area contributed by atoms with Crippen molar-refractivity contribution in [2.45, 2.75) is 12.8 Å². The van der Waals surface area contributed by atoms with Gasteiger partial charge in [0.05, 0.1) is 11.6 Å². The Morgan fingerprint density at radius 3 is 2.82 bits per heavy atom. The van der Waals surface area contributed by atoms with Gasteiger partial charge in [-0.15, -0.1) is 10.2 Å². The molecule has 0 aliphatic rings.